The third-order valence-corrected chi connectivity index (χ3v) is 4.75. The van der Waals surface area contributed by atoms with Gasteiger partial charge in [0.1, 0.15) is 0 Å². The molecule has 1 atom stereocenters. The minimum atomic E-state index is -0.586. The number of aryl methyl sites for hydroxylation is 2. The molecule has 122 valence electrons. The maximum Gasteiger partial charge on any atom is 0.0938 e. The topological polar surface area (TPSA) is 47.3 Å². The van der Waals surface area contributed by atoms with Gasteiger partial charge in [-0.1, -0.05) is 32.4 Å². The van der Waals surface area contributed by atoms with E-state index >= 15 is 0 Å². The number of aliphatic hydroxyl groups is 1. The highest BCUT2D eigenvalue weighted by molar-refractivity contribution is 6.31. The Kier molecular flexibility index (Phi) is 7.17. The summed E-state index contributed by atoms with van der Waals surface area (Å²) in [7, 11) is 0. The second-order valence-electron chi connectivity index (χ2n) is 5.30. The Balaban J connectivity index is 3.06. The Labute approximate surface area is 133 Å². The standard InChI is InChI=1S/C16H29ClN2O2/c1-6-12-15(17)13(19(9-4)18-12)11-14(20)16(7-2,8-3)21-10-5/h14,20H,6-11H2,1-5H3. The zero-order chi connectivity index (χ0) is 16.0. The van der Waals surface area contributed by atoms with E-state index in [9.17, 15) is 5.11 Å². The molecule has 1 aromatic rings. The normalized spacial score (nSPS) is 13.7. The SMILES string of the molecule is CCOC(CC)(CC)C(O)Cc1c(Cl)c(CC)nn1CC. The highest BCUT2D eigenvalue weighted by Gasteiger charge is 2.36. The van der Waals surface area contributed by atoms with Crippen LogP contribution in [0.15, 0.2) is 0 Å². The summed E-state index contributed by atoms with van der Waals surface area (Å²) in [6, 6.07) is 0. The molecule has 21 heavy (non-hydrogen) atoms. The van der Waals surface area contributed by atoms with Gasteiger partial charge in [-0.25, -0.2) is 0 Å². The van der Waals surface area contributed by atoms with Crippen molar-refractivity contribution in [2.24, 2.45) is 0 Å². The summed E-state index contributed by atoms with van der Waals surface area (Å²) in [5.41, 5.74) is 1.30. The molecule has 0 saturated carbocycles. The predicted octanol–water partition coefficient (Wildman–Crippen LogP) is 3.62. The van der Waals surface area contributed by atoms with Crippen molar-refractivity contribution in [2.45, 2.75) is 78.6 Å². The van der Waals surface area contributed by atoms with Crippen LogP contribution < -0.4 is 0 Å². The summed E-state index contributed by atoms with van der Waals surface area (Å²) in [4.78, 5) is 0. The molecule has 1 heterocycles. The summed E-state index contributed by atoms with van der Waals surface area (Å²) in [6.07, 6.45) is 2.24. The molecule has 4 nitrogen and oxygen atoms in total. The van der Waals surface area contributed by atoms with Crippen LogP contribution in [-0.4, -0.2) is 33.2 Å². The van der Waals surface area contributed by atoms with Crippen molar-refractivity contribution in [3.8, 4) is 0 Å². The minimum Gasteiger partial charge on any atom is -0.390 e. The van der Waals surface area contributed by atoms with Crippen molar-refractivity contribution in [1.82, 2.24) is 9.78 Å². The van der Waals surface area contributed by atoms with Crippen molar-refractivity contribution in [3.05, 3.63) is 16.4 Å². The van der Waals surface area contributed by atoms with Gasteiger partial charge in [0.25, 0.3) is 0 Å². The van der Waals surface area contributed by atoms with E-state index in [2.05, 4.69) is 18.9 Å². The van der Waals surface area contributed by atoms with E-state index in [1.54, 1.807) is 0 Å². The summed E-state index contributed by atoms with van der Waals surface area (Å²) in [5.74, 6) is 0. The van der Waals surface area contributed by atoms with Crippen molar-refractivity contribution in [2.75, 3.05) is 6.61 Å². The molecule has 0 radical (unpaired) electrons. The van der Waals surface area contributed by atoms with Gasteiger partial charge in [0.15, 0.2) is 0 Å². The number of aromatic nitrogens is 2. The Hall–Kier alpha value is -0.580. The molecule has 0 amide bonds. The first-order chi connectivity index (χ1) is 9.99. The number of hydrogen-bond acceptors (Lipinski definition) is 3. The lowest BCUT2D eigenvalue weighted by Gasteiger charge is -2.36. The second kappa shape index (κ2) is 8.16. The van der Waals surface area contributed by atoms with Crippen molar-refractivity contribution >= 4 is 11.6 Å². The van der Waals surface area contributed by atoms with E-state index in [4.69, 9.17) is 16.3 Å². The predicted molar refractivity (Wildman–Crippen MR) is 86.9 cm³/mol. The maximum atomic E-state index is 10.7. The van der Waals surface area contributed by atoms with E-state index in [-0.39, 0.29) is 0 Å². The van der Waals surface area contributed by atoms with Crippen LogP contribution in [0.5, 0.6) is 0 Å². The van der Waals surface area contributed by atoms with Gasteiger partial charge in [0.2, 0.25) is 0 Å². The average molecular weight is 317 g/mol. The van der Waals surface area contributed by atoms with Gasteiger partial charge in [-0.3, -0.25) is 4.68 Å². The largest absolute Gasteiger partial charge is 0.390 e. The first-order valence-corrected chi connectivity index (χ1v) is 8.43. The summed E-state index contributed by atoms with van der Waals surface area (Å²) < 4.78 is 7.78. The van der Waals surface area contributed by atoms with Crippen LogP contribution in [0.3, 0.4) is 0 Å². The number of aliphatic hydroxyl groups excluding tert-OH is 1. The van der Waals surface area contributed by atoms with E-state index < -0.39 is 11.7 Å². The highest BCUT2D eigenvalue weighted by atomic mass is 35.5. The van der Waals surface area contributed by atoms with E-state index in [0.29, 0.717) is 18.1 Å². The first-order valence-electron chi connectivity index (χ1n) is 8.05. The van der Waals surface area contributed by atoms with Gasteiger partial charge in [-0.2, -0.15) is 5.10 Å². The van der Waals surface area contributed by atoms with Gasteiger partial charge in [0.05, 0.1) is 28.1 Å². The molecule has 0 aromatic carbocycles. The molecule has 0 saturated heterocycles. The molecule has 1 rings (SSSR count). The average Bonchev–Trinajstić information content (AvgIpc) is 2.80. The van der Waals surface area contributed by atoms with Crippen LogP contribution in [0.2, 0.25) is 5.02 Å². The highest BCUT2D eigenvalue weighted by Crippen LogP contribution is 2.30. The van der Waals surface area contributed by atoms with Crippen LogP contribution in [-0.2, 0) is 24.1 Å². The van der Waals surface area contributed by atoms with E-state index in [1.807, 2.05) is 25.5 Å². The molecular formula is C16H29ClN2O2. The quantitative estimate of drug-likeness (QED) is 0.757. The van der Waals surface area contributed by atoms with Crippen molar-refractivity contribution in [3.63, 3.8) is 0 Å². The number of nitrogens with zero attached hydrogens (tertiary/aromatic N) is 2. The van der Waals surface area contributed by atoms with Crippen molar-refractivity contribution < 1.29 is 9.84 Å². The lowest BCUT2D eigenvalue weighted by molar-refractivity contribution is -0.124. The molecule has 0 fully saturated rings. The zero-order valence-corrected chi connectivity index (χ0v) is 14.7. The molecule has 0 aliphatic rings. The van der Waals surface area contributed by atoms with E-state index in [0.717, 1.165) is 37.2 Å². The lowest BCUT2D eigenvalue weighted by Crippen LogP contribution is -2.45. The van der Waals surface area contributed by atoms with Crippen LogP contribution in [0, 0.1) is 0 Å². The third kappa shape index (κ3) is 3.79. The smallest absolute Gasteiger partial charge is 0.0938 e. The van der Waals surface area contributed by atoms with Crippen LogP contribution in [0.25, 0.3) is 0 Å². The van der Waals surface area contributed by atoms with E-state index in [1.165, 1.54) is 0 Å². The number of ether oxygens (including phenoxy) is 1. The third-order valence-electron chi connectivity index (χ3n) is 4.32. The minimum absolute atomic E-state index is 0.474. The lowest BCUT2D eigenvalue weighted by atomic mass is 9.87. The molecular weight excluding hydrogens is 288 g/mol. The van der Waals surface area contributed by atoms with Gasteiger partial charge >= 0.3 is 0 Å². The molecule has 0 aliphatic carbocycles. The van der Waals surface area contributed by atoms with Gasteiger partial charge in [-0.05, 0) is 33.1 Å². The Morgan fingerprint density at radius 3 is 2.29 bits per heavy atom. The monoisotopic (exact) mass is 316 g/mol. The fourth-order valence-electron chi connectivity index (χ4n) is 2.89. The first kappa shape index (κ1) is 18.5. The molecule has 5 heteroatoms. The summed E-state index contributed by atoms with van der Waals surface area (Å²) in [6.45, 7) is 11.5. The fraction of sp³-hybridized carbons (Fsp3) is 0.812. The number of hydrogen-bond donors (Lipinski definition) is 1. The number of rotatable bonds is 9. The Morgan fingerprint density at radius 2 is 1.86 bits per heavy atom. The molecule has 0 bridgehead atoms. The van der Waals surface area contributed by atoms with Crippen molar-refractivity contribution in [1.29, 1.82) is 0 Å². The van der Waals surface area contributed by atoms with Crippen LogP contribution in [0.1, 0.15) is 58.8 Å². The van der Waals surface area contributed by atoms with Gasteiger partial charge < -0.3 is 9.84 Å². The maximum absolute atomic E-state index is 10.7. The Bertz CT molecular complexity index is 442. The van der Waals surface area contributed by atoms with Crippen LogP contribution >= 0.6 is 11.6 Å². The molecule has 1 aromatic heterocycles. The summed E-state index contributed by atoms with van der Waals surface area (Å²) >= 11 is 6.43. The van der Waals surface area contributed by atoms with Crippen LogP contribution in [0.4, 0.5) is 0 Å². The Morgan fingerprint density at radius 1 is 1.24 bits per heavy atom. The number of halogens is 1. The van der Waals surface area contributed by atoms with Gasteiger partial charge in [0, 0.05) is 19.6 Å². The summed E-state index contributed by atoms with van der Waals surface area (Å²) in [5, 5.41) is 15.9. The second-order valence-corrected chi connectivity index (χ2v) is 5.68. The van der Waals surface area contributed by atoms with Gasteiger partial charge in [-0.15, -0.1) is 0 Å². The molecule has 0 aliphatic heterocycles. The molecule has 1 N–H and O–H groups in total. The zero-order valence-electron chi connectivity index (χ0n) is 13.9. The fourth-order valence-corrected chi connectivity index (χ4v) is 3.24. The molecule has 1 unspecified atom stereocenters. The molecule has 0 spiro atoms.